The zero-order valence-electron chi connectivity index (χ0n) is 17.8. The van der Waals surface area contributed by atoms with E-state index < -0.39 is 11.0 Å². The van der Waals surface area contributed by atoms with E-state index in [1.54, 1.807) is 24.9 Å². The lowest BCUT2D eigenvalue weighted by molar-refractivity contribution is -0.139. The summed E-state index contributed by atoms with van der Waals surface area (Å²) in [5.41, 5.74) is -1.32. The molecule has 8 nitrogen and oxygen atoms in total. The molecule has 1 heterocycles. The Bertz CT molecular complexity index is 563. The summed E-state index contributed by atoms with van der Waals surface area (Å²) < 4.78 is 11.0. The van der Waals surface area contributed by atoms with Crippen molar-refractivity contribution in [2.45, 2.75) is 58.6 Å². The molecule has 1 saturated heterocycles. The molecule has 0 aliphatic carbocycles. The van der Waals surface area contributed by atoms with Crippen LogP contribution in [0.3, 0.4) is 0 Å². The highest BCUT2D eigenvalue weighted by molar-refractivity contribution is 5.84. The highest BCUT2D eigenvalue weighted by Gasteiger charge is 2.43. The van der Waals surface area contributed by atoms with E-state index in [-0.39, 0.29) is 37.0 Å². The fourth-order valence-electron chi connectivity index (χ4n) is 3.03. The van der Waals surface area contributed by atoms with Gasteiger partial charge < -0.3 is 25.0 Å². The van der Waals surface area contributed by atoms with Gasteiger partial charge in [-0.1, -0.05) is 6.08 Å². The number of piperidine rings is 1. The first kappa shape index (κ1) is 23.9. The Labute approximate surface area is 168 Å². The summed E-state index contributed by atoms with van der Waals surface area (Å²) in [7, 11) is 1.56. The highest BCUT2D eigenvalue weighted by Crippen LogP contribution is 2.33. The summed E-state index contributed by atoms with van der Waals surface area (Å²) in [5, 5.41) is 5.48. The van der Waals surface area contributed by atoms with Gasteiger partial charge in [-0.05, 0) is 40.5 Å². The average molecular weight is 398 g/mol. The third-order valence-corrected chi connectivity index (χ3v) is 4.62. The Morgan fingerprint density at radius 3 is 2.36 bits per heavy atom. The molecule has 0 spiro atoms. The van der Waals surface area contributed by atoms with Crippen LogP contribution >= 0.6 is 0 Å². The van der Waals surface area contributed by atoms with Crippen molar-refractivity contribution >= 4 is 17.9 Å². The average Bonchev–Trinajstić information content (AvgIpc) is 2.60. The first-order valence-corrected chi connectivity index (χ1v) is 9.71. The van der Waals surface area contributed by atoms with Crippen molar-refractivity contribution in [1.29, 1.82) is 0 Å². The van der Waals surface area contributed by atoms with E-state index in [1.165, 1.54) is 0 Å². The van der Waals surface area contributed by atoms with E-state index in [1.807, 2.05) is 20.8 Å². The van der Waals surface area contributed by atoms with E-state index in [2.05, 4.69) is 17.2 Å². The Morgan fingerprint density at radius 2 is 1.86 bits per heavy atom. The summed E-state index contributed by atoms with van der Waals surface area (Å²) in [6.07, 6.45) is 2.39. The molecule has 1 rings (SSSR count). The molecule has 0 aromatic carbocycles. The third-order valence-electron chi connectivity index (χ3n) is 4.62. The fourth-order valence-corrected chi connectivity index (χ4v) is 3.03. The molecular formula is C20H35N3O5. The lowest BCUT2D eigenvalue weighted by atomic mass is 9.78. The lowest BCUT2D eigenvalue weighted by Crippen LogP contribution is -2.54. The van der Waals surface area contributed by atoms with Crippen LogP contribution in [-0.4, -0.2) is 67.8 Å². The van der Waals surface area contributed by atoms with Crippen LogP contribution in [0.1, 0.15) is 47.0 Å². The minimum Gasteiger partial charge on any atom is -0.444 e. The number of carbonyl (C=O) groups excluding carboxylic acids is 3. The molecule has 0 saturated carbocycles. The van der Waals surface area contributed by atoms with Gasteiger partial charge in [0, 0.05) is 32.6 Å². The number of hydrogen-bond acceptors (Lipinski definition) is 5. The van der Waals surface area contributed by atoms with Gasteiger partial charge in [0.1, 0.15) is 5.60 Å². The van der Waals surface area contributed by atoms with E-state index in [0.29, 0.717) is 32.5 Å². The van der Waals surface area contributed by atoms with Gasteiger partial charge in [-0.25, -0.2) is 4.79 Å². The molecule has 0 aromatic rings. The maximum Gasteiger partial charge on any atom is 0.410 e. The van der Waals surface area contributed by atoms with Crippen molar-refractivity contribution in [1.82, 2.24) is 15.5 Å². The first-order valence-electron chi connectivity index (χ1n) is 9.71. The summed E-state index contributed by atoms with van der Waals surface area (Å²) in [5.74, 6) is -0.290. The Hall–Kier alpha value is -2.09. The molecule has 1 aliphatic rings. The van der Waals surface area contributed by atoms with Gasteiger partial charge >= 0.3 is 6.09 Å². The van der Waals surface area contributed by atoms with Gasteiger partial charge in [0.05, 0.1) is 18.6 Å². The maximum atomic E-state index is 13.0. The van der Waals surface area contributed by atoms with Gasteiger partial charge in [0.25, 0.3) is 0 Å². The van der Waals surface area contributed by atoms with Crippen molar-refractivity contribution < 1.29 is 23.9 Å². The maximum absolute atomic E-state index is 13.0. The number of nitrogens with one attached hydrogen (secondary N) is 2. The zero-order chi connectivity index (χ0) is 21.4. The second-order valence-corrected chi connectivity index (χ2v) is 8.30. The largest absolute Gasteiger partial charge is 0.444 e. The van der Waals surface area contributed by atoms with Gasteiger partial charge in [-0.3, -0.25) is 9.59 Å². The van der Waals surface area contributed by atoms with Crippen LogP contribution in [0.5, 0.6) is 0 Å². The molecule has 8 heteroatoms. The van der Waals surface area contributed by atoms with Crippen LogP contribution in [0.25, 0.3) is 0 Å². The predicted octanol–water partition coefficient (Wildman–Crippen LogP) is 1.85. The number of amides is 3. The Balaban J connectivity index is 2.78. The molecule has 1 atom stereocenters. The van der Waals surface area contributed by atoms with E-state index >= 15 is 0 Å². The number of carbonyl (C=O) groups is 3. The van der Waals surface area contributed by atoms with Crippen molar-refractivity contribution in [3.63, 3.8) is 0 Å². The molecule has 160 valence electrons. The van der Waals surface area contributed by atoms with Crippen LogP contribution in [0.15, 0.2) is 12.7 Å². The number of rotatable bonds is 8. The molecule has 1 fully saturated rings. The SMILES string of the molecule is C=CCOCC1(C(=O)NC(C)CC(=O)NC)CCN(C(=O)OC(C)(C)C)CC1. The van der Waals surface area contributed by atoms with E-state index in [0.717, 1.165) is 0 Å². The lowest BCUT2D eigenvalue weighted by Gasteiger charge is -2.41. The number of likely N-dealkylation sites (tertiary alicyclic amines) is 1. The molecule has 1 aliphatic heterocycles. The minimum absolute atomic E-state index is 0.135. The summed E-state index contributed by atoms with van der Waals surface area (Å²) in [6.45, 7) is 12.3. The van der Waals surface area contributed by atoms with Crippen LogP contribution in [0.2, 0.25) is 0 Å². The fraction of sp³-hybridized carbons (Fsp3) is 0.750. The van der Waals surface area contributed by atoms with Crippen molar-refractivity contribution in [2.24, 2.45) is 5.41 Å². The number of ether oxygens (including phenoxy) is 2. The van der Waals surface area contributed by atoms with Gasteiger partial charge in [0.15, 0.2) is 0 Å². The standard InChI is InChI=1S/C20H35N3O5/c1-7-12-27-14-20(17(25)22-15(2)13-16(24)21-6)8-10-23(11-9-20)18(26)28-19(3,4)5/h7,15H,1,8-14H2,2-6H3,(H,21,24)(H,22,25). The first-order chi connectivity index (χ1) is 13.0. The second kappa shape index (κ2) is 10.5. The second-order valence-electron chi connectivity index (χ2n) is 8.30. The Morgan fingerprint density at radius 1 is 1.25 bits per heavy atom. The minimum atomic E-state index is -0.752. The topological polar surface area (TPSA) is 97.0 Å². The molecule has 0 bridgehead atoms. The molecule has 2 N–H and O–H groups in total. The molecular weight excluding hydrogens is 362 g/mol. The smallest absolute Gasteiger partial charge is 0.410 e. The van der Waals surface area contributed by atoms with Crippen LogP contribution in [0.4, 0.5) is 4.79 Å². The molecule has 28 heavy (non-hydrogen) atoms. The van der Waals surface area contributed by atoms with Crippen LogP contribution < -0.4 is 10.6 Å². The predicted molar refractivity (Wildman–Crippen MR) is 107 cm³/mol. The normalized spacial score (nSPS) is 17.4. The summed E-state index contributed by atoms with van der Waals surface area (Å²) >= 11 is 0. The van der Waals surface area contributed by atoms with Crippen molar-refractivity contribution in [2.75, 3.05) is 33.4 Å². The molecule has 1 unspecified atom stereocenters. The quantitative estimate of drug-likeness (QED) is 0.481. The summed E-state index contributed by atoms with van der Waals surface area (Å²) in [4.78, 5) is 38.5. The van der Waals surface area contributed by atoms with E-state index in [4.69, 9.17) is 9.47 Å². The molecule has 3 amide bonds. The molecule has 0 radical (unpaired) electrons. The van der Waals surface area contributed by atoms with E-state index in [9.17, 15) is 14.4 Å². The zero-order valence-corrected chi connectivity index (χ0v) is 17.8. The van der Waals surface area contributed by atoms with Gasteiger partial charge in [0.2, 0.25) is 11.8 Å². The van der Waals surface area contributed by atoms with Crippen molar-refractivity contribution in [3.05, 3.63) is 12.7 Å². The number of nitrogens with zero attached hydrogens (tertiary/aromatic N) is 1. The Kier molecular flexibility index (Phi) is 8.94. The number of hydrogen-bond donors (Lipinski definition) is 2. The summed E-state index contributed by atoms with van der Waals surface area (Å²) in [6, 6.07) is -0.299. The van der Waals surface area contributed by atoms with Crippen LogP contribution in [-0.2, 0) is 19.1 Å². The van der Waals surface area contributed by atoms with Gasteiger partial charge in [-0.15, -0.1) is 6.58 Å². The van der Waals surface area contributed by atoms with Gasteiger partial charge in [-0.2, -0.15) is 0 Å². The highest BCUT2D eigenvalue weighted by atomic mass is 16.6. The van der Waals surface area contributed by atoms with Crippen molar-refractivity contribution in [3.8, 4) is 0 Å². The monoisotopic (exact) mass is 397 g/mol. The van der Waals surface area contributed by atoms with Crippen LogP contribution in [0, 0.1) is 5.41 Å². The third kappa shape index (κ3) is 7.50. The molecule has 0 aromatic heterocycles.